The van der Waals surface area contributed by atoms with E-state index >= 15 is 0 Å². The molecule has 0 fully saturated rings. The van der Waals surface area contributed by atoms with Gasteiger partial charge in [-0.1, -0.05) is 12.1 Å². The van der Waals surface area contributed by atoms with Crippen molar-refractivity contribution in [3.63, 3.8) is 0 Å². The van der Waals surface area contributed by atoms with Gasteiger partial charge in [-0.2, -0.15) is 0 Å². The van der Waals surface area contributed by atoms with E-state index in [1.807, 2.05) is 38.1 Å². The summed E-state index contributed by atoms with van der Waals surface area (Å²) in [5, 5.41) is 2.80. The zero-order chi connectivity index (χ0) is 17.2. The molecular formula is C19H23NO4. The highest BCUT2D eigenvalue weighted by Gasteiger charge is 2.04. The summed E-state index contributed by atoms with van der Waals surface area (Å²) in [5.41, 5.74) is 1.86. The second kappa shape index (κ2) is 9.57. The molecule has 0 aliphatic heterocycles. The first kappa shape index (κ1) is 17.8. The zero-order valence-electron chi connectivity index (χ0n) is 14.1. The lowest BCUT2D eigenvalue weighted by Gasteiger charge is -2.09. The molecule has 0 aliphatic rings. The van der Waals surface area contributed by atoms with Gasteiger partial charge in [0.2, 0.25) is 0 Å². The Balaban J connectivity index is 1.74. The summed E-state index contributed by atoms with van der Waals surface area (Å²) in [4.78, 5) is 11.9. The van der Waals surface area contributed by atoms with E-state index in [4.69, 9.17) is 14.2 Å². The molecule has 0 atom stereocenters. The fourth-order valence-corrected chi connectivity index (χ4v) is 2.06. The van der Waals surface area contributed by atoms with Crippen LogP contribution in [-0.4, -0.2) is 32.3 Å². The van der Waals surface area contributed by atoms with Crippen LogP contribution in [0.4, 0.5) is 5.69 Å². The predicted octanol–water partition coefficient (Wildman–Crippen LogP) is 3.43. The van der Waals surface area contributed by atoms with Gasteiger partial charge in [-0.15, -0.1) is 0 Å². The lowest BCUT2D eigenvalue weighted by molar-refractivity contribution is -0.118. The van der Waals surface area contributed by atoms with Crippen molar-refractivity contribution in [1.29, 1.82) is 0 Å². The van der Waals surface area contributed by atoms with Crippen molar-refractivity contribution in [2.45, 2.75) is 13.8 Å². The molecule has 0 bridgehead atoms. The Bertz CT molecular complexity index is 640. The van der Waals surface area contributed by atoms with Gasteiger partial charge in [-0.05, 0) is 55.8 Å². The molecule has 24 heavy (non-hydrogen) atoms. The maximum atomic E-state index is 11.9. The second-order valence-corrected chi connectivity index (χ2v) is 5.22. The molecule has 0 spiro atoms. The van der Waals surface area contributed by atoms with Gasteiger partial charge in [-0.3, -0.25) is 4.79 Å². The third-order valence-corrected chi connectivity index (χ3v) is 3.20. The molecule has 5 heteroatoms. The number of anilines is 1. The molecule has 0 radical (unpaired) electrons. The molecule has 5 nitrogen and oxygen atoms in total. The molecule has 1 N–H and O–H groups in total. The van der Waals surface area contributed by atoms with Gasteiger partial charge in [-0.25, -0.2) is 0 Å². The van der Waals surface area contributed by atoms with E-state index in [1.165, 1.54) is 0 Å². The number of nitrogens with one attached hydrogen (secondary N) is 1. The van der Waals surface area contributed by atoms with Crippen LogP contribution in [0.2, 0.25) is 0 Å². The van der Waals surface area contributed by atoms with Crippen LogP contribution in [0.25, 0.3) is 0 Å². The Morgan fingerprint density at radius 2 is 1.71 bits per heavy atom. The third kappa shape index (κ3) is 6.30. The molecule has 0 aliphatic carbocycles. The number of hydrogen-bond donors (Lipinski definition) is 1. The van der Waals surface area contributed by atoms with Crippen molar-refractivity contribution in [2.75, 3.05) is 31.7 Å². The fraction of sp³-hybridized carbons (Fsp3) is 0.316. The number of aryl methyl sites for hydroxylation is 1. The van der Waals surface area contributed by atoms with Crippen molar-refractivity contribution in [3.8, 4) is 11.5 Å². The van der Waals surface area contributed by atoms with Crippen molar-refractivity contribution in [1.82, 2.24) is 0 Å². The maximum absolute atomic E-state index is 11.9. The average molecular weight is 329 g/mol. The summed E-state index contributed by atoms with van der Waals surface area (Å²) in [6.45, 7) is 5.63. The van der Waals surface area contributed by atoms with Gasteiger partial charge in [0, 0.05) is 12.3 Å². The smallest absolute Gasteiger partial charge is 0.262 e. The van der Waals surface area contributed by atoms with Gasteiger partial charge in [0.25, 0.3) is 5.91 Å². The Morgan fingerprint density at radius 1 is 1.00 bits per heavy atom. The number of hydrogen-bond acceptors (Lipinski definition) is 4. The van der Waals surface area contributed by atoms with Crippen LogP contribution in [0, 0.1) is 6.92 Å². The highest BCUT2D eigenvalue weighted by atomic mass is 16.5. The predicted molar refractivity (Wildman–Crippen MR) is 93.7 cm³/mol. The normalized spacial score (nSPS) is 10.2. The maximum Gasteiger partial charge on any atom is 0.262 e. The topological polar surface area (TPSA) is 56.8 Å². The molecule has 2 rings (SSSR count). The van der Waals surface area contributed by atoms with Crippen LogP contribution in [0.5, 0.6) is 11.5 Å². The van der Waals surface area contributed by atoms with E-state index in [9.17, 15) is 4.79 Å². The summed E-state index contributed by atoms with van der Waals surface area (Å²) < 4.78 is 16.2. The van der Waals surface area contributed by atoms with Crippen LogP contribution >= 0.6 is 0 Å². The molecule has 2 aromatic carbocycles. The van der Waals surface area contributed by atoms with E-state index in [-0.39, 0.29) is 12.5 Å². The molecule has 0 aromatic heterocycles. The summed E-state index contributed by atoms with van der Waals surface area (Å²) in [6.07, 6.45) is 0. The Hall–Kier alpha value is -2.53. The Labute approximate surface area is 142 Å². The number of rotatable bonds is 9. The van der Waals surface area contributed by atoms with E-state index < -0.39 is 0 Å². The summed E-state index contributed by atoms with van der Waals surface area (Å²) in [7, 11) is 0. The minimum Gasteiger partial charge on any atom is -0.491 e. The minimum atomic E-state index is -0.197. The Morgan fingerprint density at radius 3 is 2.38 bits per heavy atom. The van der Waals surface area contributed by atoms with Crippen LogP contribution < -0.4 is 14.8 Å². The van der Waals surface area contributed by atoms with Crippen molar-refractivity contribution < 1.29 is 19.0 Å². The van der Waals surface area contributed by atoms with Gasteiger partial charge < -0.3 is 19.5 Å². The number of carbonyl (C=O) groups excluding carboxylic acids is 1. The quantitative estimate of drug-likeness (QED) is 0.716. The molecule has 0 heterocycles. The number of carbonyl (C=O) groups is 1. The number of ether oxygens (including phenoxy) is 3. The highest BCUT2D eigenvalue weighted by molar-refractivity contribution is 5.91. The third-order valence-electron chi connectivity index (χ3n) is 3.20. The van der Waals surface area contributed by atoms with E-state index in [0.717, 1.165) is 17.0 Å². The van der Waals surface area contributed by atoms with Crippen molar-refractivity contribution in [2.24, 2.45) is 0 Å². The molecule has 0 saturated carbocycles. The molecule has 0 saturated heterocycles. The lowest BCUT2D eigenvalue weighted by atomic mass is 10.2. The first-order chi connectivity index (χ1) is 11.7. The van der Waals surface area contributed by atoms with E-state index in [0.29, 0.717) is 25.6 Å². The van der Waals surface area contributed by atoms with Crippen molar-refractivity contribution >= 4 is 11.6 Å². The first-order valence-corrected chi connectivity index (χ1v) is 7.97. The second-order valence-electron chi connectivity index (χ2n) is 5.22. The average Bonchev–Trinajstić information content (AvgIpc) is 2.58. The monoisotopic (exact) mass is 329 g/mol. The summed E-state index contributed by atoms with van der Waals surface area (Å²) >= 11 is 0. The molecule has 128 valence electrons. The van der Waals surface area contributed by atoms with Crippen molar-refractivity contribution in [3.05, 3.63) is 54.1 Å². The van der Waals surface area contributed by atoms with Crippen LogP contribution in [0.1, 0.15) is 12.5 Å². The Kier molecular flexibility index (Phi) is 7.11. The molecular weight excluding hydrogens is 306 g/mol. The SMILES string of the molecule is CCOCCOc1ccc(OCC(=O)Nc2cccc(C)c2)cc1. The zero-order valence-corrected chi connectivity index (χ0v) is 14.1. The fourth-order valence-electron chi connectivity index (χ4n) is 2.06. The van der Waals surface area contributed by atoms with Crippen LogP contribution in [0.15, 0.2) is 48.5 Å². The largest absolute Gasteiger partial charge is 0.491 e. The molecule has 0 unspecified atom stereocenters. The van der Waals surface area contributed by atoms with Crippen LogP contribution in [0.3, 0.4) is 0 Å². The van der Waals surface area contributed by atoms with Gasteiger partial charge >= 0.3 is 0 Å². The van der Waals surface area contributed by atoms with E-state index in [1.54, 1.807) is 24.3 Å². The van der Waals surface area contributed by atoms with E-state index in [2.05, 4.69) is 5.32 Å². The molecule has 2 aromatic rings. The highest BCUT2D eigenvalue weighted by Crippen LogP contribution is 2.17. The summed E-state index contributed by atoms with van der Waals surface area (Å²) in [5.74, 6) is 1.16. The number of benzene rings is 2. The molecule has 1 amide bonds. The summed E-state index contributed by atoms with van der Waals surface area (Å²) in [6, 6.07) is 14.8. The number of amides is 1. The lowest BCUT2D eigenvalue weighted by Crippen LogP contribution is -2.20. The van der Waals surface area contributed by atoms with Crippen LogP contribution in [-0.2, 0) is 9.53 Å². The minimum absolute atomic E-state index is 0.0432. The van der Waals surface area contributed by atoms with Gasteiger partial charge in [0.15, 0.2) is 6.61 Å². The standard InChI is InChI=1S/C19H23NO4/c1-3-22-11-12-23-17-7-9-18(10-8-17)24-14-19(21)20-16-6-4-5-15(2)13-16/h4-10,13H,3,11-12,14H2,1-2H3,(H,20,21). The first-order valence-electron chi connectivity index (χ1n) is 7.97. The van der Waals surface area contributed by atoms with Gasteiger partial charge in [0.05, 0.1) is 6.61 Å². The van der Waals surface area contributed by atoms with Gasteiger partial charge in [0.1, 0.15) is 18.1 Å².